The maximum atomic E-state index is 13.7. The number of nitrogens with one attached hydrogen (secondary N) is 1. The fourth-order valence-corrected chi connectivity index (χ4v) is 3.12. The molecule has 1 saturated heterocycles. The van der Waals surface area contributed by atoms with Crippen molar-refractivity contribution in [2.45, 2.75) is 0 Å². The molecule has 0 bridgehead atoms. The summed E-state index contributed by atoms with van der Waals surface area (Å²) in [7, 11) is 3.08. The van der Waals surface area contributed by atoms with Crippen LogP contribution in [-0.4, -0.2) is 25.3 Å². The lowest BCUT2D eigenvalue weighted by molar-refractivity contribution is -0.115. The molecule has 7 heteroatoms. The monoisotopic (exact) mass is 358 g/mol. The van der Waals surface area contributed by atoms with E-state index in [0.717, 1.165) is 11.8 Å². The average Bonchev–Trinajstić information content (AvgIpc) is 2.96. The van der Waals surface area contributed by atoms with E-state index in [-0.39, 0.29) is 11.6 Å². The quantitative estimate of drug-likeness (QED) is 0.846. The van der Waals surface area contributed by atoms with E-state index in [1.165, 1.54) is 13.2 Å². The van der Waals surface area contributed by atoms with E-state index in [1.807, 2.05) is 6.07 Å². The fraction of sp³-hybridized carbons (Fsp3) is 0.111. The molecule has 2 aromatic carbocycles. The van der Waals surface area contributed by atoms with E-state index in [0.29, 0.717) is 27.1 Å². The highest BCUT2D eigenvalue weighted by Gasteiger charge is 2.25. The van der Waals surface area contributed by atoms with Crippen LogP contribution >= 0.6 is 11.8 Å². The molecule has 0 aromatic heterocycles. The number of rotatable bonds is 4. The Bertz CT molecular complexity index is 880. The third kappa shape index (κ3) is 3.66. The van der Waals surface area contributed by atoms with Gasteiger partial charge >= 0.3 is 0 Å². The van der Waals surface area contributed by atoms with E-state index in [2.05, 4.69) is 10.3 Å². The van der Waals surface area contributed by atoms with Gasteiger partial charge in [-0.25, -0.2) is 9.38 Å². The fourth-order valence-electron chi connectivity index (χ4n) is 2.30. The number of ether oxygens (including phenoxy) is 2. The van der Waals surface area contributed by atoms with Gasteiger partial charge in [-0.3, -0.25) is 4.79 Å². The van der Waals surface area contributed by atoms with E-state index < -0.39 is 5.82 Å². The molecule has 1 aliphatic rings. The maximum absolute atomic E-state index is 13.7. The van der Waals surface area contributed by atoms with Crippen LogP contribution in [0.2, 0.25) is 0 Å². The van der Waals surface area contributed by atoms with Crippen LogP contribution in [0.3, 0.4) is 0 Å². The van der Waals surface area contributed by atoms with E-state index in [1.54, 1.807) is 43.5 Å². The molecule has 1 amide bonds. The smallest absolute Gasteiger partial charge is 0.264 e. The van der Waals surface area contributed by atoms with Gasteiger partial charge in [-0.05, 0) is 36.0 Å². The third-order valence-corrected chi connectivity index (χ3v) is 4.36. The molecule has 2 aromatic rings. The first-order chi connectivity index (χ1) is 12.1. The van der Waals surface area contributed by atoms with Crippen LogP contribution < -0.4 is 14.8 Å². The molecular formula is C18H15FN2O3S. The lowest BCUT2D eigenvalue weighted by atomic mass is 10.1. The molecule has 1 fully saturated rings. The standard InChI is InChI=1S/C18H15FN2O3S/c1-23-14-9-5-6-11(16(14)24-2)10-15-17(22)21-18(25-15)20-13-8-4-3-7-12(13)19/h3-10H,1-2H3,(H,20,21,22)/b15-10-. The van der Waals surface area contributed by atoms with E-state index in [9.17, 15) is 9.18 Å². The van der Waals surface area contributed by atoms with Gasteiger partial charge in [0.25, 0.3) is 5.91 Å². The second-order valence-corrected chi connectivity index (χ2v) is 6.05. The number of amides is 1. The second-order valence-electron chi connectivity index (χ2n) is 5.02. The first-order valence-corrected chi connectivity index (χ1v) is 8.19. The molecule has 5 nitrogen and oxygen atoms in total. The molecule has 1 N–H and O–H groups in total. The van der Waals surface area contributed by atoms with Gasteiger partial charge in [0.1, 0.15) is 11.5 Å². The predicted molar refractivity (Wildman–Crippen MR) is 96.8 cm³/mol. The number of amidine groups is 1. The molecule has 3 rings (SSSR count). The minimum Gasteiger partial charge on any atom is -0.493 e. The summed E-state index contributed by atoms with van der Waals surface area (Å²) in [5.74, 6) is 0.354. The zero-order valence-corrected chi connectivity index (χ0v) is 14.4. The van der Waals surface area contributed by atoms with Crippen molar-refractivity contribution in [3.63, 3.8) is 0 Å². The minimum absolute atomic E-state index is 0.172. The molecule has 0 radical (unpaired) electrons. The Labute approximate surface area is 148 Å². The van der Waals surface area contributed by atoms with Crippen molar-refractivity contribution in [1.82, 2.24) is 5.32 Å². The molecule has 0 unspecified atom stereocenters. The maximum Gasteiger partial charge on any atom is 0.264 e. The Balaban J connectivity index is 1.91. The Kier molecular flexibility index (Phi) is 5.04. The summed E-state index contributed by atoms with van der Waals surface area (Å²) < 4.78 is 24.3. The molecule has 0 saturated carbocycles. The summed E-state index contributed by atoms with van der Waals surface area (Å²) >= 11 is 1.14. The summed E-state index contributed by atoms with van der Waals surface area (Å²) in [5.41, 5.74) is 0.872. The predicted octanol–water partition coefficient (Wildman–Crippen LogP) is 3.73. The van der Waals surface area contributed by atoms with E-state index >= 15 is 0 Å². The topological polar surface area (TPSA) is 59.9 Å². The number of hydrogen-bond acceptors (Lipinski definition) is 5. The van der Waals surface area contributed by atoms with Crippen molar-refractivity contribution < 1.29 is 18.7 Å². The van der Waals surface area contributed by atoms with Crippen molar-refractivity contribution in [1.29, 1.82) is 0 Å². The zero-order valence-electron chi connectivity index (χ0n) is 13.6. The number of carbonyl (C=O) groups is 1. The molecule has 0 spiro atoms. The van der Waals surface area contributed by atoms with E-state index in [4.69, 9.17) is 9.47 Å². The van der Waals surface area contributed by atoms with Crippen LogP contribution in [0, 0.1) is 5.82 Å². The van der Waals surface area contributed by atoms with Gasteiger partial charge < -0.3 is 14.8 Å². The summed E-state index contributed by atoms with van der Waals surface area (Å²) in [5, 5.41) is 2.96. The number of nitrogens with zero attached hydrogens (tertiary/aromatic N) is 1. The van der Waals surface area contributed by atoms with Gasteiger partial charge in [-0.2, -0.15) is 0 Å². The highest BCUT2D eigenvalue weighted by molar-refractivity contribution is 8.18. The van der Waals surface area contributed by atoms with Crippen molar-refractivity contribution in [3.05, 3.63) is 58.8 Å². The summed E-state index contributed by atoms with van der Waals surface area (Å²) in [4.78, 5) is 16.8. The molecule has 25 heavy (non-hydrogen) atoms. The first-order valence-electron chi connectivity index (χ1n) is 7.37. The van der Waals surface area contributed by atoms with Crippen LogP contribution in [0.25, 0.3) is 6.08 Å². The summed E-state index contributed by atoms with van der Waals surface area (Å²) in [6.07, 6.45) is 1.69. The van der Waals surface area contributed by atoms with Crippen LogP contribution in [0.5, 0.6) is 11.5 Å². The van der Waals surface area contributed by atoms with Crippen molar-refractivity contribution in [3.8, 4) is 11.5 Å². The van der Waals surface area contributed by atoms with Crippen molar-refractivity contribution in [2.75, 3.05) is 14.2 Å². The molecule has 128 valence electrons. The molecule has 1 heterocycles. The summed E-state index contributed by atoms with van der Waals surface area (Å²) in [6, 6.07) is 11.5. The second kappa shape index (κ2) is 7.40. The summed E-state index contributed by atoms with van der Waals surface area (Å²) in [6.45, 7) is 0. The normalized spacial score (nSPS) is 17.0. The van der Waals surface area contributed by atoms with Crippen LogP contribution in [0.4, 0.5) is 10.1 Å². The van der Waals surface area contributed by atoms with Crippen LogP contribution in [-0.2, 0) is 4.79 Å². The van der Waals surface area contributed by atoms with Crippen molar-refractivity contribution in [2.24, 2.45) is 4.99 Å². The zero-order chi connectivity index (χ0) is 17.8. The van der Waals surface area contributed by atoms with Crippen LogP contribution in [0.15, 0.2) is 52.4 Å². The SMILES string of the molecule is COc1cccc(/C=C2\SC(=Nc3ccccc3F)NC2=O)c1OC. The number of hydrogen-bond donors (Lipinski definition) is 1. The number of thioether (sulfide) groups is 1. The lowest BCUT2D eigenvalue weighted by Gasteiger charge is -2.10. The lowest BCUT2D eigenvalue weighted by Crippen LogP contribution is -2.19. The highest BCUT2D eigenvalue weighted by atomic mass is 32.2. The molecular weight excluding hydrogens is 343 g/mol. The van der Waals surface area contributed by atoms with Gasteiger partial charge in [0.05, 0.1) is 19.1 Å². The van der Waals surface area contributed by atoms with Gasteiger partial charge in [-0.15, -0.1) is 0 Å². The molecule has 0 atom stereocenters. The number of benzene rings is 2. The third-order valence-electron chi connectivity index (χ3n) is 3.45. The molecule has 1 aliphatic heterocycles. The Hall–Kier alpha value is -2.80. The largest absolute Gasteiger partial charge is 0.493 e. The van der Waals surface area contributed by atoms with Crippen LogP contribution in [0.1, 0.15) is 5.56 Å². The number of carbonyl (C=O) groups excluding carboxylic acids is 1. The van der Waals surface area contributed by atoms with Gasteiger partial charge in [0.15, 0.2) is 16.7 Å². The van der Waals surface area contributed by atoms with Gasteiger partial charge in [0.2, 0.25) is 0 Å². The number of halogens is 1. The first kappa shape index (κ1) is 17.0. The average molecular weight is 358 g/mol. The number of para-hydroxylation sites is 2. The van der Waals surface area contributed by atoms with Crippen molar-refractivity contribution >= 4 is 34.6 Å². The minimum atomic E-state index is -0.447. The highest BCUT2D eigenvalue weighted by Crippen LogP contribution is 2.35. The Morgan fingerprint density at radius 3 is 2.64 bits per heavy atom. The number of aliphatic imine (C=N–C) groups is 1. The Morgan fingerprint density at radius 2 is 1.92 bits per heavy atom. The van der Waals surface area contributed by atoms with Gasteiger partial charge in [-0.1, -0.05) is 24.3 Å². The Morgan fingerprint density at radius 1 is 1.12 bits per heavy atom. The number of methoxy groups -OCH3 is 2. The molecule has 0 aliphatic carbocycles. The van der Waals surface area contributed by atoms with Gasteiger partial charge in [0, 0.05) is 5.56 Å².